The van der Waals surface area contributed by atoms with E-state index in [1.807, 2.05) is 0 Å². The number of alkyl halides is 1. The Bertz CT molecular complexity index is 372. The van der Waals surface area contributed by atoms with Gasteiger partial charge in [-0.15, -0.1) is 0 Å². The Labute approximate surface area is 110 Å². The number of hydrogen-bond acceptors (Lipinski definition) is 0. The summed E-state index contributed by atoms with van der Waals surface area (Å²) >= 11 is 3.62. The van der Waals surface area contributed by atoms with Crippen molar-refractivity contribution in [3.8, 4) is 0 Å². The highest BCUT2D eigenvalue weighted by atomic mass is 79.9. The fourth-order valence-electron chi connectivity index (χ4n) is 2.79. The lowest BCUT2D eigenvalue weighted by atomic mass is 9.91. The fourth-order valence-corrected chi connectivity index (χ4v) is 3.89. The molecule has 94 valence electrons. The normalized spacial score (nSPS) is 26.1. The average molecular weight is 303 g/mol. The van der Waals surface area contributed by atoms with E-state index in [9.17, 15) is 8.78 Å². The first-order chi connectivity index (χ1) is 8.09. The monoisotopic (exact) mass is 302 g/mol. The van der Waals surface area contributed by atoms with Crippen LogP contribution in [0.1, 0.15) is 31.7 Å². The maximum absolute atomic E-state index is 13.5. The maximum atomic E-state index is 13.5. The molecule has 0 nitrogen and oxygen atoms in total. The van der Waals surface area contributed by atoms with Gasteiger partial charge in [-0.2, -0.15) is 0 Å². The lowest BCUT2D eigenvalue weighted by molar-refractivity contribution is 0.401. The van der Waals surface area contributed by atoms with E-state index in [-0.39, 0.29) is 10.4 Å². The van der Waals surface area contributed by atoms with Gasteiger partial charge >= 0.3 is 0 Å². The molecule has 1 fully saturated rings. The van der Waals surface area contributed by atoms with E-state index in [0.717, 1.165) is 6.42 Å². The Kier molecular flexibility index (Phi) is 4.18. The van der Waals surface area contributed by atoms with E-state index in [0.29, 0.717) is 18.3 Å². The molecule has 3 atom stereocenters. The molecule has 1 aromatic carbocycles. The number of rotatable bonds is 3. The van der Waals surface area contributed by atoms with Crippen LogP contribution in [-0.2, 0) is 6.42 Å². The molecule has 3 unspecified atom stereocenters. The van der Waals surface area contributed by atoms with Crippen molar-refractivity contribution in [2.75, 3.05) is 0 Å². The van der Waals surface area contributed by atoms with Crippen LogP contribution in [0.3, 0.4) is 0 Å². The Hall–Kier alpha value is -0.440. The van der Waals surface area contributed by atoms with Crippen molar-refractivity contribution in [1.29, 1.82) is 0 Å². The molecule has 0 radical (unpaired) electrons. The Balaban J connectivity index is 2.10. The molecule has 0 heterocycles. The molecule has 0 N–H and O–H groups in total. The molecule has 1 saturated carbocycles. The third-order valence-corrected chi connectivity index (χ3v) is 4.86. The molecule has 3 heteroatoms. The smallest absolute Gasteiger partial charge is 0.129 e. The molecule has 0 spiro atoms. The summed E-state index contributed by atoms with van der Waals surface area (Å²) in [5.41, 5.74) is 0.216. The van der Waals surface area contributed by atoms with Crippen LogP contribution in [0.15, 0.2) is 18.2 Å². The minimum absolute atomic E-state index is 0.173. The second kappa shape index (κ2) is 5.47. The predicted molar refractivity (Wildman–Crippen MR) is 69.3 cm³/mol. The molecule has 1 aromatic rings. The SMILES string of the molecule is CC1CCCC1C(Br)Cc1c(F)cccc1F. The minimum atomic E-state index is -0.430. The summed E-state index contributed by atoms with van der Waals surface area (Å²) in [4.78, 5) is 0.173. The van der Waals surface area contributed by atoms with Gasteiger partial charge in [-0.3, -0.25) is 0 Å². The summed E-state index contributed by atoms with van der Waals surface area (Å²) in [6.45, 7) is 2.23. The third kappa shape index (κ3) is 2.87. The molecule has 0 bridgehead atoms. The van der Waals surface area contributed by atoms with Crippen LogP contribution < -0.4 is 0 Å². The van der Waals surface area contributed by atoms with E-state index in [2.05, 4.69) is 22.9 Å². The lowest BCUT2D eigenvalue weighted by Crippen LogP contribution is -2.20. The summed E-state index contributed by atoms with van der Waals surface area (Å²) < 4.78 is 27.1. The molecule has 0 saturated heterocycles. The molecule has 0 aliphatic heterocycles. The number of hydrogen-bond donors (Lipinski definition) is 0. The molecule has 0 aromatic heterocycles. The van der Waals surface area contributed by atoms with E-state index >= 15 is 0 Å². The zero-order valence-corrected chi connectivity index (χ0v) is 11.5. The van der Waals surface area contributed by atoms with Gasteiger partial charge in [0.15, 0.2) is 0 Å². The van der Waals surface area contributed by atoms with Crippen molar-refractivity contribution in [2.45, 2.75) is 37.4 Å². The summed E-state index contributed by atoms with van der Waals surface area (Å²) in [6.07, 6.45) is 4.06. The van der Waals surface area contributed by atoms with Gasteiger partial charge in [-0.25, -0.2) is 8.78 Å². The van der Waals surface area contributed by atoms with Crippen LogP contribution in [0.5, 0.6) is 0 Å². The second-order valence-electron chi connectivity index (χ2n) is 4.99. The number of halogens is 3. The standard InChI is InChI=1S/C14H17BrF2/c1-9-4-2-5-10(9)12(15)8-11-13(16)6-3-7-14(11)17/h3,6-7,9-10,12H,2,4-5,8H2,1H3. The fraction of sp³-hybridized carbons (Fsp3) is 0.571. The summed E-state index contributed by atoms with van der Waals surface area (Å²) in [6, 6.07) is 4.07. The van der Waals surface area contributed by atoms with Crippen molar-refractivity contribution in [3.05, 3.63) is 35.4 Å². The highest BCUT2D eigenvalue weighted by Gasteiger charge is 2.30. The van der Waals surface area contributed by atoms with Crippen molar-refractivity contribution in [2.24, 2.45) is 11.8 Å². The van der Waals surface area contributed by atoms with Crippen LogP contribution in [0.4, 0.5) is 8.78 Å². The second-order valence-corrected chi connectivity index (χ2v) is 6.17. The van der Waals surface area contributed by atoms with Crippen molar-refractivity contribution < 1.29 is 8.78 Å². The topological polar surface area (TPSA) is 0 Å². The predicted octanol–water partition coefficient (Wildman–Crippen LogP) is 4.71. The first-order valence-corrected chi connectivity index (χ1v) is 7.08. The third-order valence-electron chi connectivity index (χ3n) is 3.85. The molecule has 1 aliphatic rings. The Morgan fingerprint density at radius 1 is 1.29 bits per heavy atom. The zero-order chi connectivity index (χ0) is 12.4. The van der Waals surface area contributed by atoms with E-state index < -0.39 is 11.6 Å². The van der Waals surface area contributed by atoms with Crippen molar-refractivity contribution in [3.63, 3.8) is 0 Å². The van der Waals surface area contributed by atoms with E-state index in [4.69, 9.17) is 0 Å². The van der Waals surface area contributed by atoms with Gasteiger partial charge < -0.3 is 0 Å². The van der Waals surface area contributed by atoms with Gasteiger partial charge in [0.25, 0.3) is 0 Å². The molecule has 0 amide bonds. The molecule has 1 aliphatic carbocycles. The zero-order valence-electron chi connectivity index (χ0n) is 9.93. The lowest BCUT2D eigenvalue weighted by Gasteiger charge is -2.22. The summed E-state index contributed by atoms with van der Waals surface area (Å²) in [7, 11) is 0. The molecule has 2 rings (SSSR count). The summed E-state index contributed by atoms with van der Waals surface area (Å²) in [5.74, 6) is 0.323. The quantitative estimate of drug-likeness (QED) is 0.710. The highest BCUT2D eigenvalue weighted by Crippen LogP contribution is 2.38. The van der Waals surface area contributed by atoms with Crippen LogP contribution in [0.2, 0.25) is 0 Å². The van der Waals surface area contributed by atoms with E-state index in [1.165, 1.54) is 31.0 Å². The van der Waals surface area contributed by atoms with Gasteiger partial charge in [0.1, 0.15) is 11.6 Å². The molecule has 17 heavy (non-hydrogen) atoms. The highest BCUT2D eigenvalue weighted by molar-refractivity contribution is 9.09. The van der Waals surface area contributed by atoms with Gasteiger partial charge in [-0.1, -0.05) is 41.8 Å². The van der Waals surface area contributed by atoms with Crippen LogP contribution in [0.25, 0.3) is 0 Å². The number of benzene rings is 1. The van der Waals surface area contributed by atoms with Crippen LogP contribution >= 0.6 is 15.9 Å². The first kappa shape index (κ1) is 13.0. The van der Waals surface area contributed by atoms with E-state index in [1.54, 1.807) is 0 Å². The first-order valence-electron chi connectivity index (χ1n) is 6.16. The average Bonchev–Trinajstić information content (AvgIpc) is 2.70. The van der Waals surface area contributed by atoms with Crippen LogP contribution in [-0.4, -0.2) is 4.83 Å². The Morgan fingerprint density at radius 2 is 1.94 bits per heavy atom. The Morgan fingerprint density at radius 3 is 2.47 bits per heavy atom. The minimum Gasteiger partial charge on any atom is -0.207 e. The summed E-state index contributed by atoms with van der Waals surface area (Å²) in [5, 5.41) is 0. The molecular formula is C14H17BrF2. The van der Waals surface area contributed by atoms with Gasteiger partial charge in [0.05, 0.1) is 0 Å². The van der Waals surface area contributed by atoms with Gasteiger partial charge in [-0.05, 0) is 36.8 Å². The van der Waals surface area contributed by atoms with Gasteiger partial charge in [0, 0.05) is 10.4 Å². The largest absolute Gasteiger partial charge is 0.207 e. The van der Waals surface area contributed by atoms with Gasteiger partial charge in [0.2, 0.25) is 0 Å². The van der Waals surface area contributed by atoms with Crippen molar-refractivity contribution in [1.82, 2.24) is 0 Å². The van der Waals surface area contributed by atoms with Crippen molar-refractivity contribution >= 4 is 15.9 Å². The molecular weight excluding hydrogens is 286 g/mol. The van der Waals surface area contributed by atoms with Crippen LogP contribution in [0, 0.1) is 23.5 Å². The maximum Gasteiger partial charge on any atom is 0.129 e.